The minimum atomic E-state index is -0.0924. The monoisotopic (exact) mass is 376 g/mol. The molecule has 0 atom stereocenters. The van der Waals surface area contributed by atoms with Crippen molar-refractivity contribution in [1.82, 2.24) is 0 Å². The largest absolute Gasteiger partial charge is 0.289 e. The Labute approximate surface area is 123 Å². The lowest BCUT2D eigenvalue weighted by Crippen LogP contribution is -2.02. The predicted molar refractivity (Wildman–Crippen MR) is 79.1 cm³/mol. The van der Waals surface area contributed by atoms with E-state index in [1.165, 1.54) is 0 Å². The summed E-state index contributed by atoms with van der Waals surface area (Å²) in [7, 11) is 0. The molecule has 0 heterocycles. The molecule has 0 spiro atoms. The lowest BCUT2D eigenvalue weighted by atomic mass is 10.0. The summed E-state index contributed by atoms with van der Waals surface area (Å²) < 4.78 is 1.01. The second-order valence-corrected chi connectivity index (χ2v) is 5.55. The number of carbonyl (C=O) groups is 1. The summed E-state index contributed by atoms with van der Waals surface area (Å²) in [6, 6.07) is 12.3. The first-order valence-electron chi connectivity index (χ1n) is 4.83. The summed E-state index contributed by atoms with van der Waals surface area (Å²) in [6.07, 6.45) is 0. The Morgan fingerprint density at radius 3 is 2.47 bits per heavy atom. The van der Waals surface area contributed by atoms with Gasteiger partial charge >= 0.3 is 0 Å². The van der Waals surface area contributed by atoms with Crippen LogP contribution in [-0.4, -0.2) is 5.78 Å². The fraction of sp³-hybridized carbons (Fsp3) is 0. The van der Waals surface area contributed by atoms with Crippen molar-refractivity contribution in [3.8, 4) is 0 Å². The van der Waals surface area contributed by atoms with Crippen molar-refractivity contribution in [1.29, 1.82) is 0 Å². The molecule has 0 radical (unpaired) electrons. The van der Waals surface area contributed by atoms with E-state index in [0.29, 0.717) is 21.2 Å². The molecule has 2 aromatic carbocycles. The van der Waals surface area contributed by atoms with E-state index in [1.807, 2.05) is 18.2 Å². The van der Waals surface area contributed by atoms with E-state index in [0.717, 1.165) is 3.57 Å². The van der Waals surface area contributed by atoms with Gasteiger partial charge in [0.25, 0.3) is 0 Å². The van der Waals surface area contributed by atoms with Gasteiger partial charge in [-0.1, -0.05) is 35.3 Å². The third-order valence-electron chi connectivity index (χ3n) is 2.26. The van der Waals surface area contributed by atoms with E-state index in [-0.39, 0.29) is 5.78 Å². The first-order valence-corrected chi connectivity index (χ1v) is 6.67. The van der Waals surface area contributed by atoms with Crippen LogP contribution in [0, 0.1) is 3.57 Å². The third-order valence-corrected chi connectivity index (χ3v) is 3.48. The highest BCUT2D eigenvalue weighted by Gasteiger charge is 2.13. The van der Waals surface area contributed by atoms with E-state index in [4.69, 9.17) is 23.2 Å². The highest BCUT2D eigenvalue weighted by atomic mass is 127. The standard InChI is InChI=1S/C13H7Cl2IO/c14-9-4-5-11(12(15)7-9)13(17)8-2-1-3-10(16)6-8/h1-7H. The van der Waals surface area contributed by atoms with Gasteiger partial charge in [-0.05, 0) is 52.9 Å². The van der Waals surface area contributed by atoms with Gasteiger partial charge in [-0.15, -0.1) is 0 Å². The van der Waals surface area contributed by atoms with Gasteiger partial charge < -0.3 is 0 Å². The van der Waals surface area contributed by atoms with Gasteiger partial charge in [0.15, 0.2) is 5.78 Å². The van der Waals surface area contributed by atoms with Crippen LogP contribution in [0.25, 0.3) is 0 Å². The molecule has 0 saturated heterocycles. The quantitative estimate of drug-likeness (QED) is 0.542. The first kappa shape index (κ1) is 12.9. The van der Waals surface area contributed by atoms with Gasteiger partial charge in [-0.25, -0.2) is 0 Å². The van der Waals surface area contributed by atoms with Crippen molar-refractivity contribution in [2.75, 3.05) is 0 Å². The van der Waals surface area contributed by atoms with Gasteiger partial charge in [0.05, 0.1) is 5.02 Å². The Balaban J connectivity index is 2.44. The summed E-state index contributed by atoms with van der Waals surface area (Å²) in [4.78, 5) is 12.2. The lowest BCUT2D eigenvalue weighted by molar-refractivity contribution is 0.103. The molecule has 0 unspecified atom stereocenters. The zero-order valence-electron chi connectivity index (χ0n) is 8.58. The molecular formula is C13H7Cl2IO. The van der Waals surface area contributed by atoms with Crippen molar-refractivity contribution < 1.29 is 4.79 Å². The first-order chi connectivity index (χ1) is 8.08. The summed E-state index contributed by atoms with van der Waals surface area (Å²) in [5.41, 5.74) is 1.10. The zero-order valence-corrected chi connectivity index (χ0v) is 12.3. The molecule has 0 aliphatic carbocycles. The zero-order chi connectivity index (χ0) is 12.4. The molecule has 0 bridgehead atoms. The fourth-order valence-electron chi connectivity index (χ4n) is 1.46. The summed E-state index contributed by atoms with van der Waals surface area (Å²) >= 11 is 14.0. The average molecular weight is 377 g/mol. The molecule has 0 saturated carbocycles. The molecule has 0 aliphatic rings. The van der Waals surface area contributed by atoms with Crippen LogP contribution in [0.5, 0.6) is 0 Å². The van der Waals surface area contributed by atoms with Crippen LogP contribution in [0.3, 0.4) is 0 Å². The maximum absolute atomic E-state index is 12.2. The molecule has 0 N–H and O–H groups in total. The van der Waals surface area contributed by atoms with Crippen molar-refractivity contribution in [2.24, 2.45) is 0 Å². The highest BCUT2D eigenvalue weighted by molar-refractivity contribution is 14.1. The van der Waals surface area contributed by atoms with Crippen LogP contribution >= 0.6 is 45.8 Å². The van der Waals surface area contributed by atoms with Gasteiger partial charge in [0.1, 0.15) is 0 Å². The van der Waals surface area contributed by atoms with Crippen LogP contribution < -0.4 is 0 Å². The molecule has 0 aromatic heterocycles. The smallest absolute Gasteiger partial charge is 0.194 e. The molecule has 17 heavy (non-hydrogen) atoms. The van der Waals surface area contributed by atoms with Crippen molar-refractivity contribution >= 4 is 51.6 Å². The molecule has 0 fully saturated rings. The Kier molecular flexibility index (Phi) is 4.07. The number of benzene rings is 2. The maximum atomic E-state index is 12.2. The van der Waals surface area contributed by atoms with Gasteiger partial charge in [-0.2, -0.15) is 0 Å². The van der Waals surface area contributed by atoms with Gasteiger partial charge in [0, 0.05) is 19.7 Å². The highest BCUT2D eigenvalue weighted by Crippen LogP contribution is 2.23. The Bertz CT molecular complexity index is 581. The van der Waals surface area contributed by atoms with Crippen LogP contribution in [0.1, 0.15) is 15.9 Å². The van der Waals surface area contributed by atoms with Crippen LogP contribution in [-0.2, 0) is 0 Å². The van der Waals surface area contributed by atoms with Crippen molar-refractivity contribution in [3.63, 3.8) is 0 Å². The normalized spacial score (nSPS) is 10.3. The van der Waals surface area contributed by atoms with E-state index in [1.54, 1.807) is 24.3 Å². The van der Waals surface area contributed by atoms with Gasteiger partial charge in [-0.3, -0.25) is 4.79 Å². The fourth-order valence-corrected chi connectivity index (χ4v) is 2.50. The second kappa shape index (κ2) is 5.38. The number of carbonyl (C=O) groups excluding carboxylic acids is 1. The summed E-state index contributed by atoms with van der Waals surface area (Å²) in [5, 5.41) is 0.899. The topological polar surface area (TPSA) is 17.1 Å². The Morgan fingerprint density at radius 1 is 1.06 bits per heavy atom. The molecular weight excluding hydrogens is 370 g/mol. The maximum Gasteiger partial charge on any atom is 0.194 e. The minimum absolute atomic E-state index is 0.0924. The molecule has 4 heteroatoms. The van der Waals surface area contributed by atoms with E-state index < -0.39 is 0 Å². The minimum Gasteiger partial charge on any atom is -0.289 e. The average Bonchev–Trinajstić information content (AvgIpc) is 2.28. The number of hydrogen-bond donors (Lipinski definition) is 0. The number of rotatable bonds is 2. The summed E-state index contributed by atoms with van der Waals surface area (Å²) in [5.74, 6) is -0.0924. The van der Waals surface area contributed by atoms with Crippen molar-refractivity contribution in [2.45, 2.75) is 0 Å². The van der Waals surface area contributed by atoms with Gasteiger partial charge in [0.2, 0.25) is 0 Å². The van der Waals surface area contributed by atoms with E-state index in [9.17, 15) is 4.79 Å². The van der Waals surface area contributed by atoms with Crippen LogP contribution in [0.4, 0.5) is 0 Å². The molecule has 86 valence electrons. The number of hydrogen-bond acceptors (Lipinski definition) is 1. The van der Waals surface area contributed by atoms with Crippen molar-refractivity contribution in [3.05, 3.63) is 67.2 Å². The molecule has 2 aromatic rings. The van der Waals surface area contributed by atoms with Crippen LogP contribution in [0.2, 0.25) is 10.0 Å². The molecule has 1 nitrogen and oxygen atoms in total. The van der Waals surface area contributed by atoms with Crippen LogP contribution in [0.15, 0.2) is 42.5 Å². The molecule has 2 rings (SSSR count). The SMILES string of the molecule is O=C(c1cccc(I)c1)c1ccc(Cl)cc1Cl. The lowest BCUT2D eigenvalue weighted by Gasteiger charge is -2.04. The van der Waals surface area contributed by atoms with E-state index >= 15 is 0 Å². The summed E-state index contributed by atoms with van der Waals surface area (Å²) in [6.45, 7) is 0. The molecule has 0 aliphatic heterocycles. The predicted octanol–water partition coefficient (Wildman–Crippen LogP) is 4.83. The molecule has 0 amide bonds. The van der Waals surface area contributed by atoms with E-state index in [2.05, 4.69) is 22.6 Å². The Morgan fingerprint density at radius 2 is 1.82 bits per heavy atom. The number of ketones is 1. The Hall–Kier alpha value is -0.580. The number of halogens is 3. The second-order valence-electron chi connectivity index (χ2n) is 3.46. The third kappa shape index (κ3) is 3.00.